The second-order valence-electron chi connectivity index (χ2n) is 13.5. The zero-order chi connectivity index (χ0) is 35.9. The highest BCUT2D eigenvalue weighted by Crippen LogP contribution is 2.36. The van der Waals surface area contributed by atoms with Crippen LogP contribution in [-0.2, 0) is 9.47 Å². The van der Waals surface area contributed by atoms with Crippen molar-refractivity contribution in [3.8, 4) is 45.3 Å². The topological polar surface area (TPSA) is 62.0 Å². The van der Waals surface area contributed by atoms with E-state index in [0.717, 1.165) is 80.7 Å². The second-order valence-corrected chi connectivity index (χ2v) is 13.5. The Morgan fingerprint density at radius 1 is 0.460 bits per heavy atom. The molecule has 6 nitrogen and oxygen atoms in total. The van der Waals surface area contributed by atoms with Gasteiger partial charge in [0.1, 0.15) is 61.6 Å². The molecule has 0 bridgehead atoms. The molecule has 264 valence electrons. The van der Waals surface area contributed by atoms with Gasteiger partial charge in [0.15, 0.2) is 0 Å². The summed E-state index contributed by atoms with van der Waals surface area (Å²) in [4.78, 5) is 0. The Labute approximate surface area is 298 Å². The van der Waals surface area contributed by atoms with Gasteiger partial charge in [-0.25, -0.2) is 0 Å². The molecule has 50 heavy (non-hydrogen) atoms. The van der Waals surface area contributed by atoms with Gasteiger partial charge in [-0.05, 0) is 171 Å². The minimum atomic E-state index is 0.271. The summed E-state index contributed by atoms with van der Waals surface area (Å²) in [5.41, 5.74) is 14.0. The monoisotopic (exact) mass is 676 g/mol. The summed E-state index contributed by atoms with van der Waals surface area (Å²) in [7, 11) is 0. The van der Waals surface area contributed by atoms with Crippen LogP contribution in [0.15, 0.2) is 73.8 Å². The van der Waals surface area contributed by atoms with Gasteiger partial charge >= 0.3 is 0 Å². The molecule has 2 saturated heterocycles. The van der Waals surface area contributed by atoms with E-state index < -0.39 is 0 Å². The molecule has 6 rings (SSSR count). The third-order valence-corrected chi connectivity index (χ3v) is 8.83. The second kappa shape index (κ2) is 16.5. The van der Waals surface area contributed by atoms with Crippen molar-refractivity contribution in [2.45, 2.75) is 67.6 Å². The van der Waals surface area contributed by atoms with Crippen LogP contribution in [-0.4, -0.2) is 51.8 Å². The average molecular weight is 677 g/mol. The summed E-state index contributed by atoms with van der Waals surface area (Å²) in [6, 6.07) is 17.5. The lowest BCUT2D eigenvalue weighted by atomic mass is 9.96. The molecule has 0 aliphatic carbocycles. The van der Waals surface area contributed by atoms with E-state index in [1.54, 1.807) is 12.2 Å². The van der Waals surface area contributed by atoms with Crippen molar-refractivity contribution < 1.29 is 28.4 Å². The minimum Gasteiger partial charge on any atom is -0.490 e. The molecule has 2 heterocycles. The van der Waals surface area contributed by atoms with Crippen LogP contribution in [0.1, 0.15) is 44.5 Å². The van der Waals surface area contributed by atoms with E-state index in [1.807, 2.05) is 0 Å². The highest BCUT2D eigenvalue weighted by atomic mass is 16.6. The fourth-order valence-electron chi connectivity index (χ4n) is 6.34. The molecule has 0 saturated carbocycles. The van der Waals surface area contributed by atoms with Crippen molar-refractivity contribution in [1.82, 2.24) is 0 Å². The SMILES string of the molecule is C=CCOc1c(C)cc(-c2cc(C)c(OCC=C)c(C)c2)cc1C.Cc1cc(-c2cc(C)c(OCC3CO3)c(C)c2)cc(C)c1OCC1CO1. The fraction of sp³-hybridized carbons (Fsp3) is 0.364. The lowest BCUT2D eigenvalue weighted by Gasteiger charge is -2.16. The average Bonchev–Trinajstić information content (AvgIpc) is 4.00. The molecule has 0 amide bonds. The molecule has 0 spiro atoms. The molecule has 4 aromatic rings. The first-order valence-corrected chi connectivity index (χ1v) is 17.4. The smallest absolute Gasteiger partial charge is 0.125 e. The summed E-state index contributed by atoms with van der Waals surface area (Å²) in [5.74, 6) is 3.83. The normalized spacial score (nSPS) is 15.8. The highest BCUT2D eigenvalue weighted by molar-refractivity contribution is 5.71. The molecule has 2 atom stereocenters. The number of epoxide rings is 2. The highest BCUT2D eigenvalue weighted by Gasteiger charge is 2.25. The summed E-state index contributed by atoms with van der Waals surface area (Å²) >= 11 is 0. The largest absolute Gasteiger partial charge is 0.490 e. The van der Waals surface area contributed by atoms with Crippen LogP contribution in [0.25, 0.3) is 22.3 Å². The quantitative estimate of drug-likeness (QED) is 0.0979. The Morgan fingerprint density at radius 2 is 0.680 bits per heavy atom. The summed E-state index contributed by atoms with van der Waals surface area (Å²) in [5, 5.41) is 0. The minimum absolute atomic E-state index is 0.271. The van der Waals surface area contributed by atoms with Gasteiger partial charge < -0.3 is 28.4 Å². The molecule has 6 heteroatoms. The molecule has 0 aromatic heterocycles. The van der Waals surface area contributed by atoms with E-state index in [4.69, 9.17) is 28.4 Å². The first kappa shape index (κ1) is 36.8. The van der Waals surface area contributed by atoms with Crippen LogP contribution in [0, 0.1) is 55.4 Å². The van der Waals surface area contributed by atoms with Crippen LogP contribution in [0.5, 0.6) is 23.0 Å². The van der Waals surface area contributed by atoms with Crippen LogP contribution >= 0.6 is 0 Å². The van der Waals surface area contributed by atoms with Gasteiger partial charge in [-0.3, -0.25) is 0 Å². The molecular formula is C44H52O6. The maximum absolute atomic E-state index is 5.95. The summed E-state index contributed by atoms with van der Waals surface area (Å²) < 4.78 is 33.9. The van der Waals surface area contributed by atoms with Crippen LogP contribution in [0.2, 0.25) is 0 Å². The van der Waals surface area contributed by atoms with Gasteiger partial charge in [0.2, 0.25) is 0 Å². The molecule has 0 N–H and O–H groups in total. The zero-order valence-corrected chi connectivity index (χ0v) is 31.0. The van der Waals surface area contributed by atoms with E-state index in [2.05, 4.69) is 117 Å². The molecule has 2 unspecified atom stereocenters. The van der Waals surface area contributed by atoms with Gasteiger partial charge in [0, 0.05) is 0 Å². The summed E-state index contributed by atoms with van der Waals surface area (Å²) in [6.07, 6.45) is 4.07. The van der Waals surface area contributed by atoms with E-state index in [0.29, 0.717) is 26.4 Å². The van der Waals surface area contributed by atoms with Crippen molar-refractivity contribution in [2.24, 2.45) is 0 Å². The standard InChI is InChI=1S/C22H26O4.C22H26O2/c1-13-5-17(6-14(2)21(13)25-11-19-9-23-19)18-7-15(3)22(16(4)8-18)26-12-20-10-24-20;1-7-9-23-21-15(3)11-19(12-16(21)4)20-13-17(5)22(18(6)14-20)24-10-8-2/h5-8,19-20H,9-12H2,1-4H3;7-8,11-14H,1-2,9-10H2,3-6H3. The first-order chi connectivity index (χ1) is 24.0. The molecule has 4 aromatic carbocycles. The van der Waals surface area contributed by atoms with Crippen molar-refractivity contribution in [3.63, 3.8) is 0 Å². The zero-order valence-electron chi connectivity index (χ0n) is 31.0. The lowest BCUT2D eigenvalue weighted by Crippen LogP contribution is -2.07. The number of aryl methyl sites for hydroxylation is 8. The number of ether oxygens (including phenoxy) is 6. The first-order valence-electron chi connectivity index (χ1n) is 17.4. The lowest BCUT2D eigenvalue weighted by molar-refractivity contribution is 0.260. The Kier molecular flexibility index (Phi) is 12.1. The maximum atomic E-state index is 5.95. The molecular weight excluding hydrogens is 624 g/mol. The van der Waals surface area contributed by atoms with Crippen LogP contribution in [0.3, 0.4) is 0 Å². The van der Waals surface area contributed by atoms with Gasteiger partial charge in [0.05, 0.1) is 13.2 Å². The number of hydrogen-bond acceptors (Lipinski definition) is 6. The van der Waals surface area contributed by atoms with Gasteiger partial charge in [0.25, 0.3) is 0 Å². The van der Waals surface area contributed by atoms with E-state index in [-0.39, 0.29) is 12.2 Å². The fourth-order valence-corrected chi connectivity index (χ4v) is 6.34. The van der Waals surface area contributed by atoms with Crippen LogP contribution < -0.4 is 18.9 Å². The van der Waals surface area contributed by atoms with Gasteiger partial charge in [-0.1, -0.05) is 25.3 Å². The molecule has 2 fully saturated rings. The molecule has 2 aliphatic heterocycles. The van der Waals surface area contributed by atoms with Gasteiger partial charge in [-0.2, -0.15) is 0 Å². The van der Waals surface area contributed by atoms with E-state index in [9.17, 15) is 0 Å². The third kappa shape index (κ3) is 9.38. The van der Waals surface area contributed by atoms with E-state index in [1.165, 1.54) is 22.3 Å². The Morgan fingerprint density at radius 3 is 0.880 bits per heavy atom. The Hall–Kier alpha value is -4.52. The number of hydrogen-bond donors (Lipinski definition) is 0. The number of benzene rings is 4. The third-order valence-electron chi connectivity index (χ3n) is 8.83. The van der Waals surface area contributed by atoms with E-state index >= 15 is 0 Å². The Balaban J connectivity index is 0.000000195. The Bertz CT molecular complexity index is 1620. The number of rotatable bonds is 14. The van der Waals surface area contributed by atoms with Crippen molar-refractivity contribution in [3.05, 3.63) is 118 Å². The van der Waals surface area contributed by atoms with Crippen LogP contribution in [0.4, 0.5) is 0 Å². The van der Waals surface area contributed by atoms with Crippen molar-refractivity contribution in [1.29, 1.82) is 0 Å². The molecule has 0 radical (unpaired) electrons. The predicted octanol–water partition coefficient (Wildman–Crippen LogP) is 9.86. The molecule has 2 aliphatic rings. The van der Waals surface area contributed by atoms with Crippen molar-refractivity contribution >= 4 is 0 Å². The predicted molar refractivity (Wildman–Crippen MR) is 204 cm³/mol. The summed E-state index contributed by atoms with van der Waals surface area (Å²) in [6.45, 7) is 28.1. The van der Waals surface area contributed by atoms with Crippen molar-refractivity contribution in [2.75, 3.05) is 39.6 Å². The maximum Gasteiger partial charge on any atom is 0.125 e. The van der Waals surface area contributed by atoms with Gasteiger partial charge in [-0.15, -0.1) is 0 Å².